The Morgan fingerprint density at radius 3 is 2.66 bits per heavy atom. The monoisotopic (exact) mass is 426 g/mol. The zero-order valence-electron chi connectivity index (χ0n) is 17.6. The van der Waals surface area contributed by atoms with Crippen LogP contribution in [0.5, 0.6) is 0 Å². The van der Waals surface area contributed by atoms with Crippen LogP contribution < -0.4 is 10.5 Å². The Labute approximate surface area is 185 Å². The lowest BCUT2D eigenvalue weighted by atomic mass is 9.98. The standard InChI is InChI=1S/C24H22N6O2/c1-29-23(31)14-21(20-9-11-25-16-27-20)28-24(29)30-12-13-32-22(15-30)18-7-3-2-6-17(18)19-8-4-5-10-26-19/h2-11,14,16,22H,12-13,15H2,1H3. The minimum atomic E-state index is -0.179. The number of benzene rings is 1. The highest BCUT2D eigenvalue weighted by atomic mass is 16.5. The molecule has 160 valence electrons. The summed E-state index contributed by atoms with van der Waals surface area (Å²) < 4.78 is 7.72. The third kappa shape index (κ3) is 3.88. The zero-order chi connectivity index (χ0) is 21.9. The van der Waals surface area contributed by atoms with Crippen molar-refractivity contribution in [2.24, 2.45) is 7.05 Å². The van der Waals surface area contributed by atoms with Crippen molar-refractivity contribution in [1.29, 1.82) is 0 Å². The highest BCUT2D eigenvalue weighted by Crippen LogP contribution is 2.32. The quantitative estimate of drug-likeness (QED) is 0.496. The molecule has 1 atom stereocenters. The maximum absolute atomic E-state index is 12.7. The van der Waals surface area contributed by atoms with Crippen LogP contribution in [0.15, 0.2) is 78.1 Å². The number of aromatic nitrogens is 5. The van der Waals surface area contributed by atoms with Crippen molar-refractivity contribution >= 4 is 5.95 Å². The third-order valence-electron chi connectivity index (χ3n) is 5.55. The van der Waals surface area contributed by atoms with Gasteiger partial charge in [0.05, 0.1) is 30.2 Å². The van der Waals surface area contributed by atoms with E-state index in [2.05, 4.69) is 32.0 Å². The van der Waals surface area contributed by atoms with Crippen LogP contribution in [0.4, 0.5) is 5.95 Å². The van der Waals surface area contributed by atoms with Gasteiger partial charge in [-0.3, -0.25) is 14.3 Å². The van der Waals surface area contributed by atoms with Crippen LogP contribution in [0.3, 0.4) is 0 Å². The molecule has 0 amide bonds. The molecule has 8 nitrogen and oxygen atoms in total. The molecule has 0 aliphatic carbocycles. The number of nitrogens with zero attached hydrogens (tertiary/aromatic N) is 6. The van der Waals surface area contributed by atoms with Crippen LogP contribution in [0.1, 0.15) is 11.7 Å². The molecule has 4 heterocycles. The SMILES string of the molecule is Cn1c(N2CCOC(c3ccccc3-c3ccccn3)C2)nc(-c2ccncn2)cc1=O. The molecule has 1 aromatic carbocycles. The average molecular weight is 426 g/mol. The summed E-state index contributed by atoms with van der Waals surface area (Å²) in [5.41, 5.74) is 4.01. The summed E-state index contributed by atoms with van der Waals surface area (Å²) >= 11 is 0. The van der Waals surface area contributed by atoms with Crippen molar-refractivity contribution in [2.45, 2.75) is 6.10 Å². The van der Waals surface area contributed by atoms with Crippen molar-refractivity contribution in [3.63, 3.8) is 0 Å². The molecule has 0 N–H and O–H groups in total. The van der Waals surface area contributed by atoms with Gasteiger partial charge in [0.25, 0.3) is 5.56 Å². The molecular formula is C24H22N6O2. The maximum Gasteiger partial charge on any atom is 0.255 e. The number of hydrogen-bond acceptors (Lipinski definition) is 7. The van der Waals surface area contributed by atoms with Crippen molar-refractivity contribution < 1.29 is 4.74 Å². The van der Waals surface area contributed by atoms with E-state index >= 15 is 0 Å². The Balaban J connectivity index is 1.50. The van der Waals surface area contributed by atoms with Gasteiger partial charge < -0.3 is 9.64 Å². The molecule has 4 aromatic rings. The minimum absolute atomic E-state index is 0.138. The fourth-order valence-corrected chi connectivity index (χ4v) is 3.94. The number of rotatable bonds is 4. The summed E-state index contributed by atoms with van der Waals surface area (Å²) in [7, 11) is 1.74. The zero-order valence-corrected chi connectivity index (χ0v) is 17.6. The number of ether oxygens (including phenoxy) is 1. The molecule has 0 radical (unpaired) electrons. The van der Waals surface area contributed by atoms with Gasteiger partial charge in [-0.15, -0.1) is 0 Å². The highest BCUT2D eigenvalue weighted by molar-refractivity contribution is 5.64. The molecular weight excluding hydrogens is 404 g/mol. The predicted octanol–water partition coefficient (Wildman–Crippen LogP) is 2.88. The second-order valence-corrected chi connectivity index (χ2v) is 7.54. The average Bonchev–Trinajstić information content (AvgIpc) is 2.87. The van der Waals surface area contributed by atoms with Crippen LogP contribution in [-0.4, -0.2) is 44.2 Å². The second kappa shape index (κ2) is 8.68. The fraction of sp³-hybridized carbons (Fsp3) is 0.208. The van der Waals surface area contributed by atoms with E-state index < -0.39 is 0 Å². The largest absolute Gasteiger partial charge is 0.370 e. The van der Waals surface area contributed by atoms with E-state index in [0.717, 1.165) is 16.8 Å². The van der Waals surface area contributed by atoms with Crippen molar-refractivity contribution in [1.82, 2.24) is 24.5 Å². The van der Waals surface area contributed by atoms with E-state index in [0.29, 0.717) is 37.0 Å². The molecule has 0 spiro atoms. The van der Waals surface area contributed by atoms with Crippen LogP contribution in [0.25, 0.3) is 22.6 Å². The summed E-state index contributed by atoms with van der Waals surface area (Å²) in [6, 6.07) is 17.3. The molecule has 1 saturated heterocycles. The number of morpholine rings is 1. The lowest BCUT2D eigenvalue weighted by molar-refractivity contribution is 0.0393. The first kappa shape index (κ1) is 20.0. The topological polar surface area (TPSA) is 86.0 Å². The molecule has 1 fully saturated rings. The van der Waals surface area contributed by atoms with Crippen LogP contribution in [0.2, 0.25) is 0 Å². The minimum Gasteiger partial charge on any atom is -0.370 e. The van der Waals surface area contributed by atoms with Gasteiger partial charge >= 0.3 is 0 Å². The van der Waals surface area contributed by atoms with Gasteiger partial charge in [-0.05, 0) is 23.8 Å². The predicted molar refractivity (Wildman–Crippen MR) is 121 cm³/mol. The van der Waals surface area contributed by atoms with Crippen LogP contribution in [-0.2, 0) is 11.8 Å². The van der Waals surface area contributed by atoms with Gasteiger partial charge in [-0.2, -0.15) is 0 Å². The number of anilines is 1. The van der Waals surface area contributed by atoms with E-state index in [-0.39, 0.29) is 11.7 Å². The normalized spacial score (nSPS) is 16.2. The number of hydrogen-bond donors (Lipinski definition) is 0. The van der Waals surface area contributed by atoms with Crippen molar-refractivity contribution in [3.05, 3.63) is 89.2 Å². The molecule has 5 rings (SSSR count). The van der Waals surface area contributed by atoms with Crippen molar-refractivity contribution in [2.75, 3.05) is 24.6 Å². The van der Waals surface area contributed by atoms with Gasteiger partial charge in [0, 0.05) is 37.6 Å². The Morgan fingerprint density at radius 1 is 0.969 bits per heavy atom. The maximum atomic E-state index is 12.7. The van der Waals surface area contributed by atoms with E-state index in [1.165, 1.54) is 12.4 Å². The van der Waals surface area contributed by atoms with E-state index in [9.17, 15) is 4.79 Å². The first-order chi connectivity index (χ1) is 15.7. The first-order valence-electron chi connectivity index (χ1n) is 10.4. The Hall–Kier alpha value is -3.91. The van der Waals surface area contributed by atoms with E-state index in [1.807, 2.05) is 30.3 Å². The van der Waals surface area contributed by atoms with Gasteiger partial charge in [0.2, 0.25) is 5.95 Å². The fourth-order valence-electron chi connectivity index (χ4n) is 3.94. The molecule has 1 aliphatic heterocycles. The first-order valence-corrected chi connectivity index (χ1v) is 10.4. The lowest BCUT2D eigenvalue weighted by Crippen LogP contribution is -2.41. The van der Waals surface area contributed by atoms with Crippen molar-refractivity contribution in [3.8, 4) is 22.6 Å². The Kier molecular flexibility index (Phi) is 5.43. The molecule has 32 heavy (non-hydrogen) atoms. The van der Waals surface area contributed by atoms with Crippen LogP contribution >= 0.6 is 0 Å². The van der Waals surface area contributed by atoms with E-state index in [4.69, 9.17) is 9.72 Å². The Morgan fingerprint density at radius 2 is 1.84 bits per heavy atom. The summed E-state index contributed by atoms with van der Waals surface area (Å²) in [4.78, 5) is 32.2. The summed E-state index contributed by atoms with van der Waals surface area (Å²) in [5.74, 6) is 0.592. The highest BCUT2D eigenvalue weighted by Gasteiger charge is 2.27. The Bertz CT molecular complexity index is 1280. The van der Waals surface area contributed by atoms with Gasteiger partial charge in [0.1, 0.15) is 12.4 Å². The molecule has 0 bridgehead atoms. The van der Waals surface area contributed by atoms with Gasteiger partial charge in [-0.25, -0.2) is 15.0 Å². The molecule has 1 aliphatic rings. The van der Waals surface area contributed by atoms with Crippen LogP contribution in [0, 0.1) is 0 Å². The molecule has 1 unspecified atom stereocenters. The summed E-state index contributed by atoms with van der Waals surface area (Å²) in [6.45, 7) is 1.72. The van der Waals surface area contributed by atoms with E-state index in [1.54, 1.807) is 30.1 Å². The summed E-state index contributed by atoms with van der Waals surface area (Å²) in [6.07, 6.45) is 4.70. The second-order valence-electron chi connectivity index (χ2n) is 7.54. The lowest BCUT2D eigenvalue weighted by Gasteiger charge is -2.35. The third-order valence-corrected chi connectivity index (χ3v) is 5.55. The molecule has 3 aromatic heterocycles. The molecule has 0 saturated carbocycles. The molecule has 8 heteroatoms. The number of pyridine rings is 1. The van der Waals surface area contributed by atoms with Gasteiger partial charge in [0.15, 0.2) is 0 Å². The summed E-state index contributed by atoms with van der Waals surface area (Å²) in [5, 5.41) is 0. The van der Waals surface area contributed by atoms with Gasteiger partial charge in [-0.1, -0.05) is 30.3 Å². The smallest absolute Gasteiger partial charge is 0.255 e.